The number of hydrogen-bond donors (Lipinski definition) is 2. The molecule has 0 aromatic rings. The van der Waals surface area contributed by atoms with Crippen LogP contribution in [-0.4, -0.2) is 16.7 Å². The van der Waals surface area contributed by atoms with E-state index in [-0.39, 0.29) is 5.17 Å². The molecule has 0 amide bonds. The summed E-state index contributed by atoms with van der Waals surface area (Å²) in [4.78, 5) is 11.7. The van der Waals surface area contributed by atoms with Crippen LogP contribution in [0.4, 0.5) is 0 Å². The molecule has 4 heteroatoms. The van der Waals surface area contributed by atoms with Crippen molar-refractivity contribution < 1.29 is 4.79 Å². The van der Waals surface area contributed by atoms with E-state index in [0.29, 0.717) is 18.1 Å². The van der Waals surface area contributed by atoms with Crippen LogP contribution >= 0.6 is 11.8 Å². The molecule has 0 saturated heterocycles. The fraction of sp³-hybridized carbons (Fsp3) is 0.818. The summed E-state index contributed by atoms with van der Waals surface area (Å²) < 4.78 is 0. The molecule has 0 aromatic heterocycles. The molecule has 0 aliphatic heterocycles. The number of nitrogens with two attached hydrogens (primary N) is 1. The second-order valence-corrected chi connectivity index (χ2v) is 5.25. The number of amidine groups is 1. The quantitative estimate of drug-likeness (QED) is 0.432. The molecule has 0 unspecified atom stereocenters. The number of hydrogen-bond acceptors (Lipinski definition) is 3. The van der Waals surface area contributed by atoms with Crippen LogP contribution in [0.15, 0.2) is 0 Å². The third-order valence-corrected chi connectivity index (χ3v) is 3.69. The van der Waals surface area contributed by atoms with Gasteiger partial charge in [-0.15, -0.1) is 0 Å². The second-order valence-electron chi connectivity index (χ2n) is 4.12. The fourth-order valence-corrected chi connectivity index (χ4v) is 2.57. The van der Waals surface area contributed by atoms with Crippen LogP contribution in [0.5, 0.6) is 0 Å². The predicted octanol–water partition coefficient (Wildman–Crippen LogP) is 2.54. The number of carbonyl (C=O) groups excluding carboxylic acids is 1. The highest BCUT2D eigenvalue weighted by Crippen LogP contribution is 2.25. The minimum atomic E-state index is 0.153. The number of Topliss-reactive ketones (excluding diaryl/α,β-unsaturated/α-hetero) is 1. The van der Waals surface area contributed by atoms with Gasteiger partial charge in [0.1, 0.15) is 5.78 Å². The van der Waals surface area contributed by atoms with Gasteiger partial charge >= 0.3 is 0 Å². The van der Waals surface area contributed by atoms with Crippen LogP contribution in [-0.2, 0) is 4.79 Å². The summed E-state index contributed by atoms with van der Waals surface area (Å²) in [5.74, 6) is 1.56. The third-order valence-electron chi connectivity index (χ3n) is 2.89. The molecular weight excluding hydrogens is 208 g/mol. The summed E-state index contributed by atoms with van der Waals surface area (Å²) in [6.07, 6.45) is 7.46. The van der Waals surface area contributed by atoms with Crippen LogP contribution in [0.2, 0.25) is 0 Å². The van der Waals surface area contributed by atoms with Gasteiger partial charge in [-0.25, -0.2) is 0 Å². The first-order valence-corrected chi connectivity index (χ1v) is 6.68. The van der Waals surface area contributed by atoms with Gasteiger partial charge in [-0.3, -0.25) is 10.2 Å². The highest BCUT2D eigenvalue weighted by atomic mass is 32.2. The number of nitrogens with one attached hydrogen (secondary N) is 1. The van der Waals surface area contributed by atoms with E-state index in [1.165, 1.54) is 31.0 Å². The van der Waals surface area contributed by atoms with Gasteiger partial charge in [-0.1, -0.05) is 31.0 Å². The lowest BCUT2D eigenvalue weighted by atomic mass is 9.85. The SMILES string of the molecule is N=C(N)SCCCC(=O)C1CCCCC1. The standard InChI is InChI=1S/C11H20N2OS/c12-11(13)15-8-4-7-10(14)9-5-2-1-3-6-9/h9H,1-8H2,(H3,12,13). The Morgan fingerprint density at radius 1 is 1.33 bits per heavy atom. The Morgan fingerprint density at radius 2 is 2.00 bits per heavy atom. The van der Waals surface area contributed by atoms with E-state index in [2.05, 4.69) is 0 Å². The molecule has 0 bridgehead atoms. The van der Waals surface area contributed by atoms with Gasteiger partial charge in [0.2, 0.25) is 0 Å². The molecule has 1 aliphatic carbocycles. The zero-order chi connectivity index (χ0) is 11.1. The Kier molecular flexibility index (Phi) is 5.76. The lowest BCUT2D eigenvalue weighted by molar-refractivity contribution is -0.123. The summed E-state index contributed by atoms with van der Waals surface area (Å²) in [5.41, 5.74) is 5.21. The Labute approximate surface area is 95.7 Å². The van der Waals surface area contributed by atoms with E-state index in [1.807, 2.05) is 0 Å². The first-order valence-electron chi connectivity index (χ1n) is 5.69. The van der Waals surface area contributed by atoms with Crippen LogP contribution in [0, 0.1) is 11.3 Å². The summed E-state index contributed by atoms with van der Waals surface area (Å²) in [6, 6.07) is 0. The highest BCUT2D eigenvalue weighted by molar-refractivity contribution is 8.13. The monoisotopic (exact) mass is 228 g/mol. The van der Waals surface area contributed by atoms with Gasteiger partial charge in [0.25, 0.3) is 0 Å². The van der Waals surface area contributed by atoms with Crippen molar-refractivity contribution in [2.45, 2.75) is 44.9 Å². The van der Waals surface area contributed by atoms with Gasteiger partial charge in [0.05, 0.1) is 0 Å². The van der Waals surface area contributed by atoms with E-state index in [0.717, 1.165) is 25.0 Å². The lowest BCUT2D eigenvalue weighted by Gasteiger charge is -2.19. The topological polar surface area (TPSA) is 66.9 Å². The largest absolute Gasteiger partial charge is 0.379 e. The van der Waals surface area contributed by atoms with E-state index in [4.69, 9.17) is 11.1 Å². The normalized spacial score (nSPS) is 17.6. The molecule has 0 atom stereocenters. The van der Waals surface area contributed by atoms with E-state index >= 15 is 0 Å². The number of carbonyl (C=O) groups is 1. The van der Waals surface area contributed by atoms with Crippen molar-refractivity contribution in [1.82, 2.24) is 0 Å². The molecule has 15 heavy (non-hydrogen) atoms. The van der Waals surface area contributed by atoms with Crippen molar-refractivity contribution in [2.75, 3.05) is 5.75 Å². The van der Waals surface area contributed by atoms with Gasteiger partial charge in [0.15, 0.2) is 5.17 Å². The summed E-state index contributed by atoms with van der Waals surface area (Å²) in [6.45, 7) is 0. The molecule has 1 aliphatic rings. The molecular formula is C11H20N2OS. The van der Waals surface area contributed by atoms with Gasteiger partial charge in [-0.05, 0) is 19.3 Å². The molecule has 3 N–H and O–H groups in total. The zero-order valence-corrected chi connectivity index (χ0v) is 9.94. The number of ketones is 1. The minimum Gasteiger partial charge on any atom is -0.379 e. The van der Waals surface area contributed by atoms with Crippen LogP contribution in [0.25, 0.3) is 0 Å². The molecule has 0 radical (unpaired) electrons. The Morgan fingerprint density at radius 3 is 2.60 bits per heavy atom. The molecule has 3 nitrogen and oxygen atoms in total. The zero-order valence-electron chi connectivity index (χ0n) is 9.13. The van der Waals surface area contributed by atoms with Crippen LogP contribution in [0.3, 0.4) is 0 Å². The maximum atomic E-state index is 11.7. The number of thioether (sulfide) groups is 1. The maximum absolute atomic E-state index is 11.7. The average Bonchev–Trinajstić information content (AvgIpc) is 2.25. The van der Waals surface area contributed by atoms with E-state index < -0.39 is 0 Å². The third kappa shape index (κ3) is 5.21. The number of rotatable bonds is 5. The molecule has 0 aromatic carbocycles. The van der Waals surface area contributed by atoms with Gasteiger partial charge < -0.3 is 5.73 Å². The Hall–Kier alpha value is -0.510. The molecule has 0 heterocycles. The second kappa shape index (κ2) is 6.88. The van der Waals surface area contributed by atoms with Crippen molar-refractivity contribution in [3.63, 3.8) is 0 Å². The first kappa shape index (κ1) is 12.6. The molecule has 1 saturated carbocycles. The maximum Gasteiger partial charge on any atom is 0.151 e. The van der Waals surface area contributed by atoms with Crippen molar-refractivity contribution in [2.24, 2.45) is 11.7 Å². The molecule has 1 fully saturated rings. The first-order chi connectivity index (χ1) is 7.20. The van der Waals surface area contributed by atoms with Crippen LogP contribution < -0.4 is 5.73 Å². The Bertz CT molecular complexity index is 225. The lowest BCUT2D eigenvalue weighted by Crippen LogP contribution is -2.17. The Balaban J connectivity index is 2.09. The summed E-state index contributed by atoms with van der Waals surface area (Å²) >= 11 is 1.33. The van der Waals surface area contributed by atoms with Gasteiger partial charge in [0, 0.05) is 18.1 Å². The van der Waals surface area contributed by atoms with Gasteiger partial charge in [-0.2, -0.15) is 0 Å². The van der Waals surface area contributed by atoms with Crippen LogP contribution in [0.1, 0.15) is 44.9 Å². The predicted molar refractivity (Wildman–Crippen MR) is 65.2 cm³/mol. The van der Waals surface area contributed by atoms with Crippen molar-refractivity contribution >= 4 is 22.7 Å². The van der Waals surface area contributed by atoms with Crippen molar-refractivity contribution in [3.05, 3.63) is 0 Å². The molecule has 0 spiro atoms. The summed E-state index contributed by atoms with van der Waals surface area (Å²) in [7, 11) is 0. The van der Waals surface area contributed by atoms with Crippen molar-refractivity contribution in [3.8, 4) is 0 Å². The van der Waals surface area contributed by atoms with E-state index in [1.54, 1.807) is 0 Å². The minimum absolute atomic E-state index is 0.153. The van der Waals surface area contributed by atoms with Crippen molar-refractivity contribution in [1.29, 1.82) is 5.41 Å². The average molecular weight is 228 g/mol. The summed E-state index contributed by atoms with van der Waals surface area (Å²) in [5, 5.41) is 7.18. The highest BCUT2D eigenvalue weighted by Gasteiger charge is 2.20. The molecule has 86 valence electrons. The smallest absolute Gasteiger partial charge is 0.151 e. The van der Waals surface area contributed by atoms with E-state index in [9.17, 15) is 4.79 Å². The molecule has 1 rings (SSSR count). The fourth-order valence-electron chi connectivity index (χ4n) is 2.06.